The van der Waals surface area contributed by atoms with Gasteiger partial charge in [0.25, 0.3) is 0 Å². The Morgan fingerprint density at radius 3 is 2.76 bits per heavy atom. The van der Waals surface area contributed by atoms with Crippen molar-refractivity contribution in [2.45, 2.75) is 6.54 Å². The number of amides is 1. The molecule has 0 atom stereocenters. The molecule has 2 rings (SSSR count). The van der Waals surface area contributed by atoms with Crippen LogP contribution in [0.3, 0.4) is 0 Å². The van der Waals surface area contributed by atoms with Crippen LogP contribution in [0.25, 0.3) is 0 Å². The number of carbonyl (C=O) groups is 1. The highest BCUT2D eigenvalue weighted by atomic mass is 16.5. The molecular weight excluding hydrogens is 272 g/mol. The minimum Gasteiger partial charge on any atom is -0.497 e. The molecule has 0 bridgehead atoms. The number of rotatable bonds is 7. The van der Waals surface area contributed by atoms with Crippen molar-refractivity contribution in [3.8, 4) is 11.5 Å². The third-order valence-corrected chi connectivity index (χ3v) is 2.85. The highest BCUT2D eigenvalue weighted by Crippen LogP contribution is 2.28. The van der Waals surface area contributed by atoms with Gasteiger partial charge in [-0.2, -0.15) is 0 Å². The lowest BCUT2D eigenvalue weighted by Gasteiger charge is -2.11. The smallest absolute Gasteiger partial charge is 0.238 e. The molecule has 0 unspecified atom stereocenters. The maximum atomic E-state index is 11.9. The van der Waals surface area contributed by atoms with Gasteiger partial charge in [-0.1, -0.05) is 0 Å². The van der Waals surface area contributed by atoms with Crippen LogP contribution < -0.4 is 20.1 Å². The van der Waals surface area contributed by atoms with Gasteiger partial charge in [-0.25, -0.2) is 0 Å². The van der Waals surface area contributed by atoms with Crippen molar-refractivity contribution in [2.24, 2.45) is 0 Å². The Kier molecular flexibility index (Phi) is 5.22. The summed E-state index contributed by atoms with van der Waals surface area (Å²) in [4.78, 5) is 11.9. The van der Waals surface area contributed by atoms with E-state index in [2.05, 4.69) is 10.6 Å². The third kappa shape index (κ3) is 4.25. The minimum absolute atomic E-state index is 0.162. The molecule has 2 N–H and O–H groups in total. The second kappa shape index (κ2) is 7.35. The minimum atomic E-state index is -0.162. The molecule has 0 saturated heterocycles. The molecule has 2 aromatic rings. The number of anilines is 1. The van der Waals surface area contributed by atoms with Crippen molar-refractivity contribution in [1.29, 1.82) is 0 Å². The van der Waals surface area contributed by atoms with E-state index in [0.717, 1.165) is 5.76 Å². The van der Waals surface area contributed by atoms with Crippen LogP contribution >= 0.6 is 0 Å². The number of benzene rings is 1. The van der Waals surface area contributed by atoms with E-state index in [1.165, 1.54) is 0 Å². The molecule has 21 heavy (non-hydrogen) atoms. The molecule has 0 aliphatic carbocycles. The second-order valence-corrected chi connectivity index (χ2v) is 4.30. The Balaban J connectivity index is 1.87. The zero-order valence-corrected chi connectivity index (χ0v) is 12.0. The predicted octanol–water partition coefficient (Wildman–Crippen LogP) is 2.03. The fourth-order valence-corrected chi connectivity index (χ4v) is 1.81. The Labute approximate surface area is 123 Å². The summed E-state index contributed by atoms with van der Waals surface area (Å²) in [5.41, 5.74) is 0.600. The quantitative estimate of drug-likeness (QED) is 0.816. The molecule has 1 aromatic carbocycles. The number of ether oxygens (including phenoxy) is 2. The maximum absolute atomic E-state index is 11.9. The zero-order chi connectivity index (χ0) is 15.1. The van der Waals surface area contributed by atoms with Crippen molar-refractivity contribution in [3.05, 3.63) is 42.4 Å². The zero-order valence-electron chi connectivity index (χ0n) is 12.0. The average Bonchev–Trinajstić information content (AvgIpc) is 3.01. The van der Waals surface area contributed by atoms with Crippen molar-refractivity contribution in [3.63, 3.8) is 0 Å². The fraction of sp³-hybridized carbons (Fsp3) is 0.267. The summed E-state index contributed by atoms with van der Waals surface area (Å²) in [5.74, 6) is 1.84. The van der Waals surface area contributed by atoms with Gasteiger partial charge in [0, 0.05) is 6.07 Å². The van der Waals surface area contributed by atoms with Crippen LogP contribution in [0.2, 0.25) is 0 Å². The largest absolute Gasteiger partial charge is 0.497 e. The van der Waals surface area contributed by atoms with Gasteiger partial charge in [0.1, 0.15) is 17.3 Å². The van der Waals surface area contributed by atoms with E-state index < -0.39 is 0 Å². The molecule has 6 heteroatoms. The van der Waals surface area contributed by atoms with Crippen molar-refractivity contribution >= 4 is 11.6 Å². The molecule has 0 radical (unpaired) electrons. The number of hydrogen-bond donors (Lipinski definition) is 2. The van der Waals surface area contributed by atoms with Gasteiger partial charge < -0.3 is 24.5 Å². The molecule has 1 heterocycles. The first kappa shape index (κ1) is 14.9. The van der Waals surface area contributed by atoms with E-state index in [1.807, 2.05) is 6.07 Å². The van der Waals surface area contributed by atoms with Crippen molar-refractivity contribution < 1.29 is 18.7 Å². The summed E-state index contributed by atoms with van der Waals surface area (Å²) in [6.07, 6.45) is 1.60. The summed E-state index contributed by atoms with van der Waals surface area (Å²) < 4.78 is 15.5. The average molecular weight is 290 g/mol. The van der Waals surface area contributed by atoms with Crippen molar-refractivity contribution in [2.75, 3.05) is 26.1 Å². The monoisotopic (exact) mass is 290 g/mol. The van der Waals surface area contributed by atoms with Gasteiger partial charge in [0.2, 0.25) is 5.91 Å². The van der Waals surface area contributed by atoms with Crippen LogP contribution in [-0.2, 0) is 11.3 Å². The van der Waals surface area contributed by atoms with E-state index in [-0.39, 0.29) is 12.5 Å². The summed E-state index contributed by atoms with van der Waals surface area (Å²) in [6.45, 7) is 0.677. The molecule has 0 spiro atoms. The first-order chi connectivity index (χ1) is 10.2. The topological polar surface area (TPSA) is 72.7 Å². The number of nitrogens with one attached hydrogen (secondary N) is 2. The molecule has 0 aliphatic rings. The molecule has 112 valence electrons. The summed E-state index contributed by atoms with van der Waals surface area (Å²) in [5, 5.41) is 5.78. The van der Waals surface area contributed by atoms with E-state index in [1.54, 1.807) is 44.7 Å². The van der Waals surface area contributed by atoms with Crippen LogP contribution in [0.1, 0.15) is 5.76 Å². The third-order valence-electron chi connectivity index (χ3n) is 2.85. The molecule has 6 nitrogen and oxygen atoms in total. The predicted molar refractivity (Wildman–Crippen MR) is 78.6 cm³/mol. The van der Waals surface area contributed by atoms with Gasteiger partial charge in [-0.05, 0) is 24.3 Å². The number of methoxy groups -OCH3 is 2. The fourth-order valence-electron chi connectivity index (χ4n) is 1.81. The lowest BCUT2D eigenvalue weighted by molar-refractivity contribution is -0.115. The normalized spacial score (nSPS) is 10.2. The summed E-state index contributed by atoms with van der Waals surface area (Å²) >= 11 is 0. The SMILES string of the molecule is COc1ccc(NC(=O)CNCc2ccco2)c(OC)c1. The molecular formula is C15H18N2O4. The highest BCUT2D eigenvalue weighted by molar-refractivity contribution is 5.93. The van der Waals surface area contributed by atoms with Crippen LogP contribution in [0.5, 0.6) is 11.5 Å². The number of carbonyl (C=O) groups excluding carboxylic acids is 1. The lowest BCUT2D eigenvalue weighted by atomic mass is 10.2. The highest BCUT2D eigenvalue weighted by Gasteiger charge is 2.08. The molecule has 0 aliphatic heterocycles. The van der Waals surface area contributed by atoms with Crippen LogP contribution in [0.4, 0.5) is 5.69 Å². The molecule has 0 fully saturated rings. The van der Waals surface area contributed by atoms with Crippen molar-refractivity contribution in [1.82, 2.24) is 5.32 Å². The first-order valence-corrected chi connectivity index (χ1v) is 6.48. The molecule has 0 saturated carbocycles. The number of furan rings is 1. The lowest BCUT2D eigenvalue weighted by Crippen LogP contribution is -2.27. The maximum Gasteiger partial charge on any atom is 0.238 e. The van der Waals surface area contributed by atoms with Crippen LogP contribution in [-0.4, -0.2) is 26.7 Å². The Hall–Kier alpha value is -2.47. The van der Waals surface area contributed by atoms with E-state index in [9.17, 15) is 4.79 Å². The summed E-state index contributed by atoms with van der Waals surface area (Å²) in [6, 6.07) is 8.86. The first-order valence-electron chi connectivity index (χ1n) is 6.48. The van der Waals surface area contributed by atoms with Gasteiger partial charge in [-0.15, -0.1) is 0 Å². The van der Waals surface area contributed by atoms with Gasteiger partial charge in [-0.3, -0.25) is 4.79 Å². The van der Waals surface area contributed by atoms with Crippen LogP contribution in [0, 0.1) is 0 Å². The Morgan fingerprint density at radius 2 is 2.10 bits per heavy atom. The Bertz CT molecular complexity index is 581. The van der Waals surface area contributed by atoms with Gasteiger partial charge in [0.15, 0.2) is 0 Å². The van der Waals surface area contributed by atoms with Gasteiger partial charge in [0.05, 0.1) is 39.3 Å². The van der Waals surface area contributed by atoms with Gasteiger partial charge >= 0.3 is 0 Å². The van der Waals surface area contributed by atoms with E-state index >= 15 is 0 Å². The van der Waals surface area contributed by atoms with E-state index in [0.29, 0.717) is 23.7 Å². The molecule has 1 aromatic heterocycles. The summed E-state index contributed by atoms with van der Waals surface area (Å²) in [7, 11) is 3.12. The molecule has 1 amide bonds. The number of hydrogen-bond acceptors (Lipinski definition) is 5. The van der Waals surface area contributed by atoms with E-state index in [4.69, 9.17) is 13.9 Å². The second-order valence-electron chi connectivity index (χ2n) is 4.30. The van der Waals surface area contributed by atoms with Crippen LogP contribution in [0.15, 0.2) is 41.0 Å². The standard InChI is InChI=1S/C15H18N2O4/c1-19-11-5-6-13(14(8-11)20-2)17-15(18)10-16-9-12-4-3-7-21-12/h3-8,16H,9-10H2,1-2H3,(H,17,18). The Morgan fingerprint density at radius 1 is 1.24 bits per heavy atom.